The Balaban J connectivity index is 1.93. The fourth-order valence-corrected chi connectivity index (χ4v) is 3.54. The minimum Gasteiger partial charge on any atom is -0.480 e. The molecule has 0 aromatic heterocycles. The fourth-order valence-electron chi connectivity index (χ4n) is 3.54. The lowest BCUT2D eigenvalue weighted by Gasteiger charge is -2.31. The van der Waals surface area contributed by atoms with Crippen LogP contribution in [0, 0.1) is 16.7 Å². The molecule has 0 heterocycles. The molecule has 4 nitrogen and oxygen atoms in total. The molecule has 2 saturated carbocycles. The number of aliphatic carboxylic acids is 1. The van der Waals surface area contributed by atoms with E-state index in [1.165, 1.54) is 12.8 Å². The molecule has 4 heteroatoms. The minimum atomic E-state index is -1.10. The maximum Gasteiger partial charge on any atom is 0.319 e. The van der Waals surface area contributed by atoms with Crippen LogP contribution in [0.3, 0.4) is 0 Å². The summed E-state index contributed by atoms with van der Waals surface area (Å²) in [5, 5.41) is 12.1. The first-order chi connectivity index (χ1) is 8.90. The van der Waals surface area contributed by atoms with E-state index in [-0.39, 0.29) is 11.3 Å². The van der Waals surface area contributed by atoms with Crippen LogP contribution >= 0.6 is 0 Å². The molecule has 2 rings (SSSR count). The predicted octanol–water partition coefficient (Wildman–Crippen LogP) is 2.57. The van der Waals surface area contributed by atoms with Crippen molar-refractivity contribution in [3.05, 3.63) is 0 Å². The molecular formula is C15H25NO3. The van der Waals surface area contributed by atoms with Crippen LogP contribution in [0.25, 0.3) is 0 Å². The van der Waals surface area contributed by atoms with Crippen molar-refractivity contribution >= 4 is 11.9 Å². The van der Waals surface area contributed by atoms with E-state index in [1.54, 1.807) is 0 Å². The highest BCUT2D eigenvalue weighted by molar-refractivity contribution is 6.04. The van der Waals surface area contributed by atoms with E-state index in [2.05, 4.69) is 19.2 Å². The topological polar surface area (TPSA) is 66.4 Å². The van der Waals surface area contributed by atoms with Gasteiger partial charge in [0.05, 0.1) is 0 Å². The van der Waals surface area contributed by atoms with Gasteiger partial charge in [0, 0.05) is 6.54 Å². The van der Waals surface area contributed by atoms with Crippen LogP contribution < -0.4 is 5.32 Å². The van der Waals surface area contributed by atoms with Crippen molar-refractivity contribution < 1.29 is 14.7 Å². The number of carbonyl (C=O) groups is 2. The summed E-state index contributed by atoms with van der Waals surface area (Å²) in [6, 6.07) is 0. The molecule has 0 spiro atoms. The molecule has 2 N–H and O–H groups in total. The quantitative estimate of drug-likeness (QED) is 0.727. The van der Waals surface area contributed by atoms with Crippen molar-refractivity contribution in [1.82, 2.24) is 5.32 Å². The van der Waals surface area contributed by atoms with Gasteiger partial charge in [0.2, 0.25) is 5.91 Å². The van der Waals surface area contributed by atoms with E-state index in [0.717, 1.165) is 19.3 Å². The molecule has 2 fully saturated rings. The highest BCUT2D eigenvalue weighted by Gasteiger charge is 2.57. The zero-order valence-corrected chi connectivity index (χ0v) is 12.0. The summed E-state index contributed by atoms with van der Waals surface area (Å²) in [6.45, 7) is 5.07. The highest BCUT2D eigenvalue weighted by Crippen LogP contribution is 2.47. The average molecular weight is 267 g/mol. The van der Waals surface area contributed by atoms with Crippen LogP contribution in [0.5, 0.6) is 0 Å². The van der Waals surface area contributed by atoms with Gasteiger partial charge < -0.3 is 10.4 Å². The Morgan fingerprint density at radius 3 is 2.16 bits per heavy atom. The zero-order chi connectivity index (χ0) is 14.1. The third kappa shape index (κ3) is 2.93. The van der Waals surface area contributed by atoms with E-state index in [4.69, 9.17) is 5.11 Å². The molecule has 0 bridgehead atoms. The van der Waals surface area contributed by atoms with E-state index in [1.807, 2.05) is 0 Å². The van der Waals surface area contributed by atoms with Crippen LogP contribution in [0.2, 0.25) is 0 Å². The molecule has 0 saturated heterocycles. The lowest BCUT2D eigenvalue weighted by molar-refractivity contribution is -0.149. The standard InChI is InChI=1S/C15H25NO3/c1-11(2)9-14(5-3-4-6-14)10-16-12(17)15(7-8-15)13(18)19/h11H,3-10H2,1-2H3,(H,16,17)(H,18,19). The van der Waals surface area contributed by atoms with E-state index >= 15 is 0 Å². The van der Waals surface area contributed by atoms with E-state index in [9.17, 15) is 9.59 Å². The number of hydrogen-bond acceptors (Lipinski definition) is 2. The Kier molecular flexibility index (Phi) is 3.88. The number of carbonyl (C=O) groups excluding carboxylic acids is 1. The van der Waals surface area contributed by atoms with Gasteiger partial charge in [-0.2, -0.15) is 0 Å². The summed E-state index contributed by atoms with van der Waals surface area (Å²) >= 11 is 0. The van der Waals surface area contributed by atoms with Gasteiger partial charge in [-0.3, -0.25) is 9.59 Å². The minimum absolute atomic E-state index is 0.207. The number of hydrogen-bond donors (Lipinski definition) is 2. The smallest absolute Gasteiger partial charge is 0.319 e. The van der Waals surface area contributed by atoms with Gasteiger partial charge in [0.1, 0.15) is 5.41 Å². The Hall–Kier alpha value is -1.06. The maximum atomic E-state index is 12.1. The van der Waals surface area contributed by atoms with Gasteiger partial charge in [0.15, 0.2) is 0 Å². The largest absolute Gasteiger partial charge is 0.480 e. The number of nitrogens with one attached hydrogen (secondary N) is 1. The molecule has 19 heavy (non-hydrogen) atoms. The van der Waals surface area contributed by atoms with Crippen molar-refractivity contribution in [1.29, 1.82) is 0 Å². The zero-order valence-electron chi connectivity index (χ0n) is 12.0. The predicted molar refractivity (Wildman–Crippen MR) is 72.7 cm³/mol. The third-order valence-corrected chi connectivity index (χ3v) is 4.72. The van der Waals surface area contributed by atoms with E-state index in [0.29, 0.717) is 25.3 Å². The van der Waals surface area contributed by atoms with Crippen LogP contribution in [-0.2, 0) is 9.59 Å². The van der Waals surface area contributed by atoms with Crippen LogP contribution in [0.15, 0.2) is 0 Å². The molecule has 0 atom stereocenters. The van der Waals surface area contributed by atoms with Crippen LogP contribution in [-0.4, -0.2) is 23.5 Å². The Morgan fingerprint density at radius 1 is 1.16 bits per heavy atom. The summed E-state index contributed by atoms with van der Waals surface area (Å²) in [5.74, 6) is -0.617. The van der Waals surface area contributed by atoms with Gasteiger partial charge >= 0.3 is 5.97 Å². The molecule has 2 aliphatic carbocycles. The van der Waals surface area contributed by atoms with Crippen LogP contribution in [0.4, 0.5) is 0 Å². The molecular weight excluding hydrogens is 242 g/mol. The lowest BCUT2D eigenvalue weighted by atomic mass is 9.78. The second-order valence-electron chi connectivity index (χ2n) is 6.88. The summed E-state index contributed by atoms with van der Waals surface area (Å²) in [7, 11) is 0. The van der Waals surface area contributed by atoms with Gasteiger partial charge in [-0.25, -0.2) is 0 Å². The van der Waals surface area contributed by atoms with Crippen molar-refractivity contribution in [3.63, 3.8) is 0 Å². The first-order valence-electron chi connectivity index (χ1n) is 7.42. The second kappa shape index (κ2) is 5.14. The Morgan fingerprint density at radius 2 is 1.74 bits per heavy atom. The molecule has 108 valence electrons. The number of carboxylic acids is 1. The van der Waals surface area contributed by atoms with Crippen molar-refractivity contribution in [2.45, 2.75) is 58.8 Å². The monoisotopic (exact) mass is 267 g/mol. The normalized spacial score (nSPS) is 23.3. The lowest BCUT2D eigenvalue weighted by Crippen LogP contribution is -2.42. The van der Waals surface area contributed by atoms with Gasteiger partial charge in [-0.15, -0.1) is 0 Å². The molecule has 0 unspecified atom stereocenters. The molecule has 0 aromatic carbocycles. The van der Waals surface area contributed by atoms with Crippen molar-refractivity contribution in [2.75, 3.05) is 6.54 Å². The average Bonchev–Trinajstić information content (AvgIpc) is 3.03. The van der Waals surface area contributed by atoms with Crippen molar-refractivity contribution in [3.8, 4) is 0 Å². The molecule has 0 aromatic rings. The molecule has 0 aliphatic heterocycles. The fraction of sp³-hybridized carbons (Fsp3) is 0.867. The van der Waals surface area contributed by atoms with Gasteiger partial charge in [-0.1, -0.05) is 26.7 Å². The molecule has 0 radical (unpaired) electrons. The van der Waals surface area contributed by atoms with E-state index < -0.39 is 11.4 Å². The number of amides is 1. The summed E-state index contributed by atoms with van der Waals surface area (Å²) in [5.41, 5.74) is -0.893. The number of rotatable bonds is 6. The summed E-state index contributed by atoms with van der Waals surface area (Å²) in [4.78, 5) is 23.2. The SMILES string of the molecule is CC(C)CC1(CNC(=O)C2(C(=O)O)CC2)CCCC1. The summed E-state index contributed by atoms with van der Waals surface area (Å²) in [6.07, 6.45) is 6.88. The Bertz CT molecular complexity index is 366. The molecule has 2 aliphatic rings. The highest BCUT2D eigenvalue weighted by atomic mass is 16.4. The molecule has 1 amide bonds. The van der Waals surface area contributed by atoms with Gasteiger partial charge in [0.25, 0.3) is 0 Å². The first-order valence-corrected chi connectivity index (χ1v) is 7.42. The summed E-state index contributed by atoms with van der Waals surface area (Å²) < 4.78 is 0. The maximum absolute atomic E-state index is 12.1. The first kappa shape index (κ1) is 14.4. The van der Waals surface area contributed by atoms with Crippen molar-refractivity contribution in [2.24, 2.45) is 16.7 Å². The Labute approximate surface area is 115 Å². The third-order valence-electron chi connectivity index (χ3n) is 4.72. The van der Waals surface area contributed by atoms with Crippen LogP contribution in [0.1, 0.15) is 58.8 Å². The van der Waals surface area contributed by atoms with Gasteiger partial charge in [-0.05, 0) is 43.4 Å². The number of carboxylic acid groups (broad SMARTS) is 1. The second-order valence-corrected chi connectivity index (χ2v) is 6.88.